The van der Waals surface area contributed by atoms with Crippen molar-refractivity contribution in [3.05, 3.63) is 90.3 Å². The number of rotatable bonds is 6. The Kier molecular flexibility index (Phi) is 5.40. The van der Waals surface area contributed by atoms with Crippen LogP contribution in [0.4, 0.5) is 5.82 Å². The van der Waals surface area contributed by atoms with Crippen molar-refractivity contribution in [2.45, 2.75) is 19.3 Å². The van der Waals surface area contributed by atoms with Crippen LogP contribution >= 0.6 is 0 Å². The van der Waals surface area contributed by atoms with Gasteiger partial charge in [0.1, 0.15) is 18.2 Å². The normalized spacial score (nSPS) is 14.9. The maximum absolute atomic E-state index is 12.8. The first-order valence-corrected chi connectivity index (χ1v) is 10.6. The average Bonchev–Trinajstić information content (AvgIpc) is 3.19. The fourth-order valence-electron chi connectivity index (χ4n) is 4.14. The number of benzene rings is 2. The zero-order chi connectivity index (χ0) is 22.8. The van der Waals surface area contributed by atoms with Crippen LogP contribution in [-0.2, 0) is 4.79 Å². The summed E-state index contributed by atoms with van der Waals surface area (Å²) in [6.45, 7) is 6.02. The van der Waals surface area contributed by atoms with Gasteiger partial charge in [0.05, 0.1) is 17.6 Å². The lowest BCUT2D eigenvalue weighted by Gasteiger charge is -2.25. The van der Waals surface area contributed by atoms with Crippen LogP contribution in [0.25, 0.3) is 17.2 Å². The molecule has 0 saturated carbocycles. The Labute approximate surface area is 191 Å². The molecule has 8 heteroatoms. The number of nitrogens with zero attached hydrogens (tertiary/aromatic N) is 5. The molecule has 1 N–H and O–H groups in total. The third kappa shape index (κ3) is 3.87. The van der Waals surface area contributed by atoms with Crippen LogP contribution in [0.2, 0.25) is 0 Å². The van der Waals surface area contributed by atoms with Crippen LogP contribution < -0.4 is 10.1 Å². The van der Waals surface area contributed by atoms with E-state index in [1.807, 2.05) is 61.5 Å². The molecular weight excluding hydrogens is 416 g/mol. The minimum atomic E-state index is -0.214. The van der Waals surface area contributed by atoms with Crippen molar-refractivity contribution in [2.24, 2.45) is 0 Å². The molecule has 0 bridgehead atoms. The molecule has 164 valence electrons. The number of aromatic nitrogens is 5. The number of amides is 1. The monoisotopic (exact) mass is 438 g/mol. The summed E-state index contributed by atoms with van der Waals surface area (Å²) in [5, 5.41) is 16.0. The molecule has 0 aliphatic carbocycles. The second-order valence-corrected chi connectivity index (χ2v) is 7.71. The number of ether oxygens (including phenoxy) is 1. The van der Waals surface area contributed by atoms with E-state index in [0.717, 1.165) is 28.1 Å². The minimum Gasteiger partial charge on any atom is -0.489 e. The van der Waals surface area contributed by atoms with Crippen molar-refractivity contribution in [3.63, 3.8) is 0 Å². The van der Waals surface area contributed by atoms with Gasteiger partial charge in [0.2, 0.25) is 5.91 Å². The lowest BCUT2D eigenvalue weighted by Crippen LogP contribution is -2.25. The topological polar surface area (TPSA) is 94.8 Å². The van der Waals surface area contributed by atoms with Gasteiger partial charge in [-0.05, 0) is 13.0 Å². The van der Waals surface area contributed by atoms with E-state index in [0.29, 0.717) is 18.1 Å². The number of hydrogen-bond acceptors (Lipinski definition) is 6. The number of carbonyl (C=O) groups is 1. The lowest BCUT2D eigenvalue weighted by atomic mass is 9.85. The molecule has 0 spiro atoms. The second kappa shape index (κ2) is 8.66. The van der Waals surface area contributed by atoms with E-state index in [1.165, 1.54) is 0 Å². The molecule has 4 aromatic rings. The van der Waals surface area contributed by atoms with Gasteiger partial charge in [-0.3, -0.25) is 4.79 Å². The molecule has 0 unspecified atom stereocenters. The fraction of sp³-hybridized carbons (Fsp3) is 0.160. The Morgan fingerprint density at radius 2 is 1.97 bits per heavy atom. The molecule has 1 atom stereocenters. The number of carbonyl (C=O) groups excluding carboxylic acids is 1. The van der Waals surface area contributed by atoms with E-state index < -0.39 is 0 Å². The average molecular weight is 438 g/mol. The zero-order valence-corrected chi connectivity index (χ0v) is 18.1. The molecule has 0 fully saturated rings. The smallest absolute Gasteiger partial charge is 0.272 e. The summed E-state index contributed by atoms with van der Waals surface area (Å²) in [5.74, 6) is 1.24. The lowest BCUT2D eigenvalue weighted by molar-refractivity contribution is -0.116. The molecule has 1 aliphatic heterocycles. The highest BCUT2D eigenvalue weighted by molar-refractivity contribution is 5.95. The maximum Gasteiger partial charge on any atom is 0.272 e. The van der Waals surface area contributed by atoms with Gasteiger partial charge in [0, 0.05) is 29.0 Å². The summed E-state index contributed by atoms with van der Waals surface area (Å²) in [6.07, 6.45) is 3.59. The van der Waals surface area contributed by atoms with Crippen molar-refractivity contribution >= 4 is 11.7 Å². The fourth-order valence-corrected chi connectivity index (χ4v) is 4.14. The SMILES string of the molecule is C=CCOc1ccccc1[C@@H]1CC(=O)Nc2c1c(C)nn2-c1nncc(-c2ccccc2)n1. The Bertz CT molecular complexity index is 1330. The summed E-state index contributed by atoms with van der Waals surface area (Å²) in [4.78, 5) is 17.4. The number of aryl methyl sites for hydroxylation is 1. The van der Waals surface area contributed by atoms with E-state index >= 15 is 0 Å². The molecule has 2 aromatic heterocycles. The Hall–Kier alpha value is -4.33. The van der Waals surface area contributed by atoms with E-state index in [9.17, 15) is 4.79 Å². The van der Waals surface area contributed by atoms with Gasteiger partial charge in [-0.15, -0.1) is 5.10 Å². The van der Waals surface area contributed by atoms with Crippen molar-refractivity contribution in [2.75, 3.05) is 11.9 Å². The first-order chi connectivity index (χ1) is 16.2. The number of para-hydroxylation sites is 1. The molecule has 2 aromatic carbocycles. The molecule has 0 saturated heterocycles. The van der Waals surface area contributed by atoms with Crippen molar-refractivity contribution in [3.8, 4) is 23.0 Å². The standard InChI is InChI=1S/C25H22N6O2/c1-3-13-33-21-12-8-7-11-18(21)19-14-22(32)28-24-23(19)16(2)30-31(24)25-27-20(15-26-29-25)17-9-5-4-6-10-17/h3-12,15,19H,1,13-14H2,2H3,(H,28,32)/t19-/m0/s1. The third-order valence-corrected chi connectivity index (χ3v) is 5.56. The van der Waals surface area contributed by atoms with Gasteiger partial charge in [-0.25, -0.2) is 4.98 Å². The second-order valence-electron chi connectivity index (χ2n) is 7.71. The van der Waals surface area contributed by atoms with Crippen LogP contribution in [-0.4, -0.2) is 37.5 Å². The molecule has 3 heterocycles. The van der Waals surface area contributed by atoms with Crippen molar-refractivity contribution < 1.29 is 9.53 Å². The maximum atomic E-state index is 12.8. The molecule has 1 aliphatic rings. The van der Waals surface area contributed by atoms with Crippen LogP contribution in [0.1, 0.15) is 29.2 Å². The summed E-state index contributed by atoms with van der Waals surface area (Å²) in [5.41, 5.74) is 4.21. The quantitative estimate of drug-likeness (QED) is 0.456. The first-order valence-electron chi connectivity index (χ1n) is 10.6. The van der Waals surface area contributed by atoms with Crippen molar-refractivity contribution in [1.29, 1.82) is 0 Å². The predicted octanol–water partition coefficient (Wildman–Crippen LogP) is 4.07. The van der Waals surface area contributed by atoms with Gasteiger partial charge in [-0.1, -0.05) is 61.2 Å². The number of fused-ring (bicyclic) bond motifs is 1. The first kappa shape index (κ1) is 20.6. The van der Waals surface area contributed by atoms with E-state index in [-0.39, 0.29) is 24.2 Å². The summed E-state index contributed by atoms with van der Waals surface area (Å²) < 4.78 is 7.43. The Balaban J connectivity index is 1.61. The summed E-state index contributed by atoms with van der Waals surface area (Å²) in [6, 6.07) is 17.5. The summed E-state index contributed by atoms with van der Waals surface area (Å²) in [7, 11) is 0. The molecule has 0 radical (unpaired) electrons. The van der Waals surface area contributed by atoms with Crippen LogP contribution in [0.5, 0.6) is 5.75 Å². The third-order valence-electron chi connectivity index (χ3n) is 5.56. The number of hydrogen-bond donors (Lipinski definition) is 1. The highest BCUT2D eigenvalue weighted by Crippen LogP contribution is 2.42. The van der Waals surface area contributed by atoms with Crippen molar-refractivity contribution in [1.82, 2.24) is 25.0 Å². The molecule has 8 nitrogen and oxygen atoms in total. The number of anilines is 1. The van der Waals surface area contributed by atoms with Crippen LogP contribution in [0, 0.1) is 6.92 Å². The molecule has 1 amide bonds. The highest BCUT2D eigenvalue weighted by atomic mass is 16.5. The van der Waals surface area contributed by atoms with Gasteiger partial charge < -0.3 is 10.1 Å². The highest BCUT2D eigenvalue weighted by Gasteiger charge is 2.34. The Morgan fingerprint density at radius 3 is 2.79 bits per heavy atom. The largest absolute Gasteiger partial charge is 0.489 e. The molecular formula is C25H22N6O2. The van der Waals surface area contributed by atoms with Gasteiger partial charge in [-0.2, -0.15) is 14.9 Å². The molecule has 33 heavy (non-hydrogen) atoms. The van der Waals surface area contributed by atoms with E-state index in [2.05, 4.69) is 32.2 Å². The van der Waals surface area contributed by atoms with E-state index in [4.69, 9.17) is 4.74 Å². The number of nitrogens with one attached hydrogen (secondary N) is 1. The van der Waals surface area contributed by atoms with Gasteiger partial charge in [0.15, 0.2) is 0 Å². The van der Waals surface area contributed by atoms with Gasteiger partial charge in [0.25, 0.3) is 5.95 Å². The van der Waals surface area contributed by atoms with Crippen LogP contribution in [0.3, 0.4) is 0 Å². The predicted molar refractivity (Wildman–Crippen MR) is 124 cm³/mol. The summed E-state index contributed by atoms with van der Waals surface area (Å²) >= 11 is 0. The van der Waals surface area contributed by atoms with Gasteiger partial charge >= 0.3 is 0 Å². The van der Waals surface area contributed by atoms with Crippen LogP contribution in [0.15, 0.2) is 73.4 Å². The Morgan fingerprint density at radius 1 is 1.18 bits per heavy atom. The molecule has 5 rings (SSSR count). The van der Waals surface area contributed by atoms with E-state index in [1.54, 1.807) is 17.0 Å². The minimum absolute atomic E-state index is 0.112. The zero-order valence-electron chi connectivity index (χ0n) is 18.1.